The van der Waals surface area contributed by atoms with Crippen LogP contribution >= 0.6 is 11.3 Å². The molecule has 0 spiro atoms. The number of aromatic nitrogens is 3. The molecule has 2 atom stereocenters. The fourth-order valence-corrected chi connectivity index (χ4v) is 5.13. The van der Waals surface area contributed by atoms with Gasteiger partial charge in [0.2, 0.25) is 5.91 Å². The molecule has 0 aliphatic carbocycles. The second kappa shape index (κ2) is 9.92. The number of hydrogen-bond acceptors (Lipinski definition) is 7. The second-order valence-electron chi connectivity index (χ2n) is 7.75. The van der Waals surface area contributed by atoms with Crippen molar-refractivity contribution in [1.82, 2.24) is 19.9 Å². The quantitative estimate of drug-likeness (QED) is 0.536. The summed E-state index contributed by atoms with van der Waals surface area (Å²) in [6.07, 6.45) is -1.48. The molecule has 4 rings (SSSR count). The third-order valence-corrected chi connectivity index (χ3v) is 6.69. The van der Waals surface area contributed by atoms with Crippen LogP contribution in [0.2, 0.25) is 0 Å². The maximum atomic E-state index is 13.4. The molecule has 0 radical (unpaired) electrons. The highest BCUT2D eigenvalue weighted by Gasteiger charge is 2.34. The van der Waals surface area contributed by atoms with E-state index in [0.29, 0.717) is 24.7 Å². The van der Waals surface area contributed by atoms with E-state index in [0.717, 1.165) is 27.9 Å². The fourth-order valence-electron chi connectivity index (χ4n) is 4.12. The summed E-state index contributed by atoms with van der Waals surface area (Å²) in [6.45, 7) is 2.57. The number of ether oxygens (including phenoxy) is 1. The Bertz CT molecular complexity index is 1180. The topological polar surface area (TPSA) is 89.3 Å². The lowest BCUT2D eigenvalue weighted by Crippen LogP contribution is -2.45. The van der Waals surface area contributed by atoms with Crippen molar-refractivity contribution in [2.45, 2.75) is 44.8 Å². The minimum Gasteiger partial charge on any atom is -0.382 e. The molecule has 0 saturated carbocycles. The average Bonchev–Trinajstić information content (AvgIpc) is 3.46. The van der Waals surface area contributed by atoms with Gasteiger partial charge in [-0.3, -0.25) is 14.2 Å². The van der Waals surface area contributed by atoms with Gasteiger partial charge in [0.15, 0.2) is 21.3 Å². The van der Waals surface area contributed by atoms with Crippen molar-refractivity contribution < 1.29 is 18.3 Å². The average molecular weight is 478 g/mol. The number of amides is 1. The van der Waals surface area contributed by atoms with E-state index in [1.165, 1.54) is 0 Å². The van der Waals surface area contributed by atoms with Gasteiger partial charge in [0.05, 0.1) is 12.6 Å². The monoisotopic (exact) mass is 477 g/mol. The predicted molar refractivity (Wildman–Crippen MR) is 122 cm³/mol. The second-order valence-corrected chi connectivity index (χ2v) is 8.70. The van der Waals surface area contributed by atoms with Gasteiger partial charge in [-0.25, -0.2) is 18.7 Å². The van der Waals surface area contributed by atoms with Crippen molar-refractivity contribution >= 4 is 32.7 Å². The predicted octanol–water partition coefficient (Wildman–Crippen LogP) is 3.28. The molecule has 1 saturated heterocycles. The van der Waals surface area contributed by atoms with Gasteiger partial charge in [-0.1, -0.05) is 41.7 Å². The number of benzene rings is 1. The van der Waals surface area contributed by atoms with Crippen LogP contribution in [0.15, 0.2) is 35.1 Å². The maximum absolute atomic E-state index is 13.4. The van der Waals surface area contributed by atoms with Crippen LogP contribution in [0.25, 0.3) is 10.3 Å². The Morgan fingerprint density at radius 2 is 2.06 bits per heavy atom. The van der Waals surface area contributed by atoms with Crippen LogP contribution in [0.4, 0.5) is 13.9 Å². The van der Waals surface area contributed by atoms with Crippen molar-refractivity contribution in [3.05, 3.63) is 52.1 Å². The minimum absolute atomic E-state index is 0.0499. The number of fused-ring (bicyclic) bond motifs is 1. The normalized spacial score (nSPS) is 17.1. The molecule has 11 heteroatoms. The van der Waals surface area contributed by atoms with Crippen molar-refractivity contribution in [1.29, 1.82) is 0 Å². The summed E-state index contributed by atoms with van der Waals surface area (Å²) < 4.78 is 33.1. The van der Waals surface area contributed by atoms with Gasteiger partial charge in [0, 0.05) is 20.2 Å². The van der Waals surface area contributed by atoms with Gasteiger partial charge >= 0.3 is 0 Å². The van der Waals surface area contributed by atoms with Crippen LogP contribution in [0.5, 0.6) is 0 Å². The SMILES string of the molecule is CCn1c(C(F)F)nc2sc(N3CCC[C@@H]3C(=O)N[C@H](COC)c3ccccc3)nc2c1=O. The molecule has 1 aliphatic heterocycles. The molecule has 3 heterocycles. The Kier molecular flexibility index (Phi) is 6.99. The first-order valence-corrected chi connectivity index (χ1v) is 11.6. The van der Waals surface area contributed by atoms with Gasteiger partial charge < -0.3 is 15.0 Å². The van der Waals surface area contributed by atoms with Crippen molar-refractivity contribution in [3.8, 4) is 0 Å². The molecule has 1 aliphatic rings. The smallest absolute Gasteiger partial charge is 0.295 e. The highest BCUT2D eigenvalue weighted by molar-refractivity contribution is 7.21. The molecule has 1 aromatic carbocycles. The summed E-state index contributed by atoms with van der Waals surface area (Å²) in [7, 11) is 1.58. The Morgan fingerprint density at radius 1 is 1.30 bits per heavy atom. The van der Waals surface area contributed by atoms with E-state index in [2.05, 4.69) is 15.3 Å². The molecule has 2 aromatic heterocycles. The lowest BCUT2D eigenvalue weighted by atomic mass is 10.1. The van der Waals surface area contributed by atoms with Gasteiger partial charge in [-0.05, 0) is 25.3 Å². The number of carbonyl (C=O) groups is 1. The molecule has 0 unspecified atom stereocenters. The zero-order valence-corrected chi connectivity index (χ0v) is 19.1. The third-order valence-electron chi connectivity index (χ3n) is 5.70. The number of halogens is 2. The highest BCUT2D eigenvalue weighted by Crippen LogP contribution is 2.33. The molecule has 0 bridgehead atoms. The summed E-state index contributed by atoms with van der Waals surface area (Å²) in [5.74, 6) is -0.740. The number of carbonyl (C=O) groups excluding carboxylic acids is 1. The number of rotatable bonds is 8. The highest BCUT2D eigenvalue weighted by atomic mass is 32.1. The zero-order valence-electron chi connectivity index (χ0n) is 18.3. The summed E-state index contributed by atoms with van der Waals surface area (Å²) in [6, 6.07) is 8.75. The lowest BCUT2D eigenvalue weighted by molar-refractivity contribution is -0.123. The number of nitrogens with zero attached hydrogens (tertiary/aromatic N) is 4. The molecule has 1 fully saturated rings. The first-order chi connectivity index (χ1) is 15.9. The molecular formula is C22H25F2N5O3S. The molecule has 33 heavy (non-hydrogen) atoms. The first kappa shape index (κ1) is 23.2. The Balaban J connectivity index is 1.62. The molecule has 1 amide bonds. The number of alkyl halides is 2. The largest absolute Gasteiger partial charge is 0.382 e. The molecule has 3 aromatic rings. The first-order valence-electron chi connectivity index (χ1n) is 10.7. The van der Waals surface area contributed by atoms with Gasteiger partial charge in [0.25, 0.3) is 12.0 Å². The van der Waals surface area contributed by atoms with Gasteiger partial charge in [-0.2, -0.15) is 0 Å². The van der Waals surface area contributed by atoms with Crippen LogP contribution in [-0.4, -0.2) is 46.7 Å². The number of anilines is 1. The van der Waals surface area contributed by atoms with E-state index < -0.39 is 23.9 Å². The Morgan fingerprint density at radius 3 is 2.73 bits per heavy atom. The van der Waals surface area contributed by atoms with Crippen LogP contribution < -0.4 is 15.8 Å². The van der Waals surface area contributed by atoms with Crippen LogP contribution in [0, 0.1) is 0 Å². The van der Waals surface area contributed by atoms with Gasteiger partial charge in [-0.15, -0.1) is 0 Å². The summed E-state index contributed by atoms with van der Waals surface area (Å²) >= 11 is 1.06. The zero-order chi connectivity index (χ0) is 23.5. The number of methoxy groups -OCH3 is 1. The molecule has 176 valence electrons. The molecule has 1 N–H and O–H groups in total. The van der Waals surface area contributed by atoms with E-state index >= 15 is 0 Å². The molecule has 8 nitrogen and oxygen atoms in total. The van der Waals surface area contributed by atoms with Crippen LogP contribution in [-0.2, 0) is 16.1 Å². The number of hydrogen-bond donors (Lipinski definition) is 1. The van der Waals surface area contributed by atoms with E-state index in [1.807, 2.05) is 35.2 Å². The van der Waals surface area contributed by atoms with Crippen LogP contribution in [0.1, 0.15) is 43.6 Å². The van der Waals surface area contributed by atoms with Crippen molar-refractivity contribution in [3.63, 3.8) is 0 Å². The standard InChI is InChI=1S/C22H25F2N5O3S/c1-3-28-18(17(23)24)27-20-16(21(28)31)26-22(33-20)29-11-7-10-15(29)19(30)25-14(12-32-2)13-8-5-4-6-9-13/h4-6,8-9,14-15,17H,3,7,10-12H2,1-2H3,(H,25,30)/t14-,15-/m1/s1. The van der Waals surface area contributed by atoms with Crippen LogP contribution in [0.3, 0.4) is 0 Å². The van der Waals surface area contributed by atoms with E-state index in [1.54, 1.807) is 14.0 Å². The van der Waals surface area contributed by atoms with E-state index in [4.69, 9.17) is 4.74 Å². The van der Waals surface area contributed by atoms with E-state index in [9.17, 15) is 18.4 Å². The van der Waals surface area contributed by atoms with E-state index in [-0.39, 0.29) is 28.8 Å². The fraction of sp³-hybridized carbons (Fsp3) is 0.455. The Labute approximate surface area is 193 Å². The summed E-state index contributed by atoms with van der Waals surface area (Å²) in [5, 5.41) is 3.49. The molecular weight excluding hydrogens is 452 g/mol. The van der Waals surface area contributed by atoms with Gasteiger partial charge in [0.1, 0.15) is 6.04 Å². The lowest BCUT2D eigenvalue weighted by Gasteiger charge is -2.26. The Hall–Kier alpha value is -2.92. The van der Waals surface area contributed by atoms with Crippen molar-refractivity contribution in [2.24, 2.45) is 0 Å². The summed E-state index contributed by atoms with van der Waals surface area (Å²) in [5.41, 5.74) is 0.389. The minimum atomic E-state index is -2.87. The summed E-state index contributed by atoms with van der Waals surface area (Å²) in [4.78, 5) is 36.3. The maximum Gasteiger partial charge on any atom is 0.295 e. The third kappa shape index (κ3) is 4.60. The van der Waals surface area contributed by atoms with Crippen molar-refractivity contribution in [2.75, 3.05) is 25.2 Å². The number of thiazole rings is 1. The number of nitrogens with one attached hydrogen (secondary N) is 1.